The van der Waals surface area contributed by atoms with Gasteiger partial charge in [-0.3, -0.25) is 4.79 Å². The minimum atomic E-state index is -1.01. The van der Waals surface area contributed by atoms with E-state index in [-0.39, 0.29) is 24.0 Å². The first-order valence-corrected chi connectivity index (χ1v) is 10.5. The number of aromatic nitrogens is 2. The zero-order valence-corrected chi connectivity index (χ0v) is 16.2. The second-order valence-corrected chi connectivity index (χ2v) is 8.55. The van der Waals surface area contributed by atoms with Crippen molar-refractivity contribution in [3.05, 3.63) is 30.1 Å². The summed E-state index contributed by atoms with van der Waals surface area (Å²) < 4.78 is 8.62. The second-order valence-electron chi connectivity index (χ2n) is 7.79. The maximum Gasteiger partial charge on any atom is 0.314 e. The minimum absolute atomic E-state index is 0.103. The predicted octanol–water partition coefficient (Wildman–Crippen LogP) is 3.23. The van der Waals surface area contributed by atoms with Crippen molar-refractivity contribution in [2.24, 2.45) is 17.8 Å². The lowest BCUT2D eigenvalue weighted by atomic mass is 9.64. The number of carbonyl (C=O) groups excluding carboxylic acids is 1. The van der Waals surface area contributed by atoms with Crippen molar-refractivity contribution in [3.63, 3.8) is 0 Å². The van der Waals surface area contributed by atoms with Crippen molar-refractivity contribution in [3.8, 4) is 0 Å². The molecule has 2 saturated carbocycles. The van der Waals surface area contributed by atoms with Gasteiger partial charge in [-0.15, -0.1) is 0 Å². The summed E-state index contributed by atoms with van der Waals surface area (Å²) >= 11 is 2.32. The molecule has 5 nitrogen and oxygen atoms in total. The molecule has 1 N–H and O–H groups in total. The number of hydrogen-bond acceptors (Lipinski definition) is 4. The van der Waals surface area contributed by atoms with Crippen molar-refractivity contribution in [2.75, 3.05) is 0 Å². The van der Waals surface area contributed by atoms with E-state index in [0.29, 0.717) is 5.92 Å². The number of benzene rings is 1. The maximum absolute atomic E-state index is 12.8. The third-order valence-electron chi connectivity index (χ3n) is 6.62. The summed E-state index contributed by atoms with van der Waals surface area (Å²) in [5.41, 5.74) is 0.981. The smallest absolute Gasteiger partial charge is 0.314 e. The van der Waals surface area contributed by atoms with Crippen LogP contribution >= 0.6 is 22.6 Å². The number of esters is 1. The van der Waals surface area contributed by atoms with Gasteiger partial charge >= 0.3 is 5.97 Å². The number of hydrogen-bond donors (Lipinski definition) is 1. The average Bonchev–Trinajstić information content (AvgIpc) is 3.20. The van der Waals surface area contributed by atoms with Crippen molar-refractivity contribution in [2.45, 2.75) is 48.4 Å². The third-order valence-corrected chi connectivity index (χ3v) is 7.31. The molecule has 0 amide bonds. The van der Waals surface area contributed by atoms with Gasteiger partial charge in [0, 0.05) is 0 Å². The van der Waals surface area contributed by atoms with Crippen LogP contribution in [0.15, 0.2) is 24.3 Å². The zero-order valence-electron chi connectivity index (χ0n) is 14.1. The van der Waals surface area contributed by atoms with Gasteiger partial charge in [-0.25, -0.2) is 4.98 Å². The van der Waals surface area contributed by atoms with Gasteiger partial charge in [-0.1, -0.05) is 41.6 Å². The van der Waals surface area contributed by atoms with E-state index in [2.05, 4.69) is 40.1 Å². The number of fused-ring (bicyclic) bond motifs is 1. The fourth-order valence-electron chi connectivity index (χ4n) is 5.65. The lowest BCUT2D eigenvalue weighted by Gasteiger charge is -2.45. The Morgan fingerprint density at radius 3 is 3.00 bits per heavy atom. The van der Waals surface area contributed by atoms with Crippen LogP contribution in [0.3, 0.4) is 0 Å². The largest absolute Gasteiger partial charge is 0.459 e. The van der Waals surface area contributed by atoms with E-state index < -0.39 is 11.5 Å². The molecule has 1 saturated heterocycles. The van der Waals surface area contributed by atoms with Crippen molar-refractivity contribution in [1.29, 1.82) is 0 Å². The van der Waals surface area contributed by atoms with Gasteiger partial charge in [0.1, 0.15) is 23.4 Å². The first-order chi connectivity index (χ1) is 12.1. The summed E-state index contributed by atoms with van der Waals surface area (Å²) in [6.45, 7) is 2.20. The molecule has 0 radical (unpaired) electrons. The van der Waals surface area contributed by atoms with Crippen LogP contribution in [-0.2, 0) is 14.0 Å². The Hall–Kier alpha value is -1.15. The summed E-state index contributed by atoms with van der Waals surface area (Å²) in [5.74, 6) is 0.700. The van der Waals surface area contributed by atoms with Crippen LogP contribution in [-0.4, -0.2) is 32.3 Å². The summed E-state index contributed by atoms with van der Waals surface area (Å²) in [6.07, 6.45) is 2.33. The normalized spacial score (nSPS) is 39.6. The second kappa shape index (κ2) is 5.42. The van der Waals surface area contributed by atoms with E-state index in [1.165, 1.54) is 0 Å². The van der Waals surface area contributed by atoms with Crippen molar-refractivity contribution in [1.82, 2.24) is 9.55 Å². The molecule has 3 fully saturated rings. The molecule has 1 aliphatic heterocycles. The third kappa shape index (κ3) is 1.98. The molecule has 0 spiro atoms. The molecule has 132 valence electrons. The Bertz CT molecular complexity index is 865. The van der Waals surface area contributed by atoms with Gasteiger partial charge in [-0.05, 0) is 43.2 Å². The molecule has 2 heterocycles. The summed E-state index contributed by atoms with van der Waals surface area (Å²) in [6, 6.07) is 7.97. The number of para-hydroxylation sites is 2. The number of imidazole rings is 1. The van der Waals surface area contributed by atoms with Gasteiger partial charge < -0.3 is 14.4 Å². The van der Waals surface area contributed by atoms with Gasteiger partial charge in [0.25, 0.3) is 0 Å². The number of nitrogens with zero attached hydrogens (tertiary/aromatic N) is 2. The monoisotopic (exact) mass is 452 g/mol. The molecule has 0 bridgehead atoms. The number of aliphatic hydroxyl groups is 1. The van der Waals surface area contributed by atoms with Crippen LogP contribution in [0, 0.1) is 17.8 Å². The standard InChI is InChI=1S/C19H21IN2O3/c1-10-8-11-6-7-14-19(11,24)16(18(23)25-14)17(10)22-13-5-3-2-4-12(13)21-15(22)9-20/h2-5,10-11,14,16-17,24H,6-9H2,1H3/t10-,11?,14?,16?,17?,19+/m0/s1. The fourth-order valence-corrected chi connectivity index (χ4v) is 6.19. The SMILES string of the molecule is C[C@H]1CC2CCC3OC(=O)C(C1n1c(CI)nc4ccccc41)[C@@]23O. The number of rotatable bonds is 2. The quantitative estimate of drug-likeness (QED) is 0.432. The molecule has 6 atom stereocenters. The van der Waals surface area contributed by atoms with Crippen LogP contribution in [0.4, 0.5) is 0 Å². The van der Waals surface area contributed by atoms with Crippen molar-refractivity contribution < 1.29 is 14.6 Å². The number of halogens is 1. The summed E-state index contributed by atoms with van der Waals surface area (Å²) in [7, 11) is 0. The minimum Gasteiger partial charge on any atom is -0.459 e. The van der Waals surface area contributed by atoms with Crippen LogP contribution in [0.2, 0.25) is 0 Å². The lowest BCUT2D eigenvalue weighted by Crippen LogP contribution is -2.54. The van der Waals surface area contributed by atoms with E-state index in [4.69, 9.17) is 9.72 Å². The highest BCUT2D eigenvalue weighted by atomic mass is 127. The topological polar surface area (TPSA) is 64.4 Å². The van der Waals surface area contributed by atoms with Crippen LogP contribution in [0.25, 0.3) is 11.0 Å². The molecule has 3 aliphatic rings. The first kappa shape index (κ1) is 16.1. The van der Waals surface area contributed by atoms with Crippen LogP contribution in [0.1, 0.15) is 38.1 Å². The number of ether oxygens (including phenoxy) is 1. The number of alkyl halides is 1. The number of carbonyl (C=O) groups is 1. The Kier molecular flexibility index (Phi) is 3.48. The molecular weight excluding hydrogens is 431 g/mol. The Morgan fingerprint density at radius 1 is 1.40 bits per heavy atom. The highest BCUT2D eigenvalue weighted by Gasteiger charge is 2.68. The highest BCUT2D eigenvalue weighted by Crippen LogP contribution is 2.59. The van der Waals surface area contributed by atoms with Gasteiger partial charge in [0.2, 0.25) is 0 Å². The fraction of sp³-hybridized carbons (Fsp3) is 0.579. The maximum atomic E-state index is 12.8. The Morgan fingerprint density at radius 2 is 2.20 bits per heavy atom. The summed E-state index contributed by atoms with van der Waals surface area (Å²) in [4.78, 5) is 17.6. The van der Waals surface area contributed by atoms with Crippen molar-refractivity contribution >= 4 is 39.6 Å². The molecule has 2 aromatic rings. The molecule has 4 unspecified atom stereocenters. The van der Waals surface area contributed by atoms with E-state index in [0.717, 1.165) is 40.5 Å². The zero-order chi connectivity index (χ0) is 17.3. The van der Waals surface area contributed by atoms with E-state index in [1.54, 1.807) is 0 Å². The van der Waals surface area contributed by atoms with Gasteiger partial charge in [-0.2, -0.15) is 0 Å². The highest BCUT2D eigenvalue weighted by molar-refractivity contribution is 14.1. The van der Waals surface area contributed by atoms with E-state index in [9.17, 15) is 9.90 Å². The molecule has 1 aromatic heterocycles. The Balaban J connectivity index is 1.73. The average molecular weight is 452 g/mol. The van der Waals surface area contributed by atoms with E-state index >= 15 is 0 Å². The predicted molar refractivity (Wildman–Crippen MR) is 101 cm³/mol. The molecule has 5 rings (SSSR count). The van der Waals surface area contributed by atoms with Crippen LogP contribution < -0.4 is 0 Å². The molecule has 25 heavy (non-hydrogen) atoms. The molecule has 1 aromatic carbocycles. The lowest BCUT2D eigenvalue weighted by molar-refractivity contribution is -0.147. The first-order valence-electron chi connectivity index (χ1n) is 9.00. The summed E-state index contributed by atoms with van der Waals surface area (Å²) in [5, 5.41) is 11.5. The molecule has 6 heteroatoms. The van der Waals surface area contributed by atoms with E-state index in [1.807, 2.05) is 18.2 Å². The molecular formula is C19H21IN2O3. The Labute approximate surface area is 159 Å². The van der Waals surface area contributed by atoms with Crippen LogP contribution in [0.5, 0.6) is 0 Å². The van der Waals surface area contributed by atoms with Gasteiger partial charge in [0.05, 0.1) is 21.5 Å². The van der Waals surface area contributed by atoms with Gasteiger partial charge in [0.15, 0.2) is 0 Å². The molecule has 2 aliphatic carbocycles.